The molecule has 3 heterocycles. The highest BCUT2D eigenvalue weighted by atomic mass is 19.4. The van der Waals surface area contributed by atoms with Gasteiger partial charge in [-0.3, -0.25) is 9.59 Å². The Labute approximate surface area is 254 Å². The Kier molecular flexibility index (Phi) is 7.14. The number of hydrogen-bond acceptors (Lipinski definition) is 7. The zero-order valence-electron chi connectivity index (χ0n) is 26.6. The van der Waals surface area contributed by atoms with Gasteiger partial charge in [-0.25, -0.2) is 14.4 Å². The Morgan fingerprint density at radius 2 is 1.93 bits per heavy atom. The maximum Gasteiger partial charge on any atom is 0.389 e. The van der Waals surface area contributed by atoms with Gasteiger partial charge in [-0.15, -0.1) is 0 Å². The average molecular weight is 612 g/mol. The third-order valence-corrected chi connectivity index (χ3v) is 7.79. The Balaban J connectivity index is 1.72. The third-order valence-electron chi connectivity index (χ3n) is 7.79. The predicted octanol–water partition coefficient (Wildman–Crippen LogP) is 7.07. The number of hydrogen-bond donors (Lipinski definition) is 1. The molecule has 0 saturated heterocycles. The number of amides is 1. The van der Waals surface area contributed by atoms with Crippen molar-refractivity contribution >= 4 is 22.8 Å². The van der Waals surface area contributed by atoms with Crippen LogP contribution in [0.5, 0.6) is 5.88 Å². The monoisotopic (exact) mass is 611 g/mol. The van der Waals surface area contributed by atoms with E-state index in [9.17, 15) is 32.4 Å². The molecule has 1 N–H and O–H groups in total. The largest absolute Gasteiger partial charge is 0.480 e. The molecule has 1 aliphatic carbocycles. The summed E-state index contributed by atoms with van der Waals surface area (Å²) in [6.07, 6.45) is -4.11. The Hall–Kier alpha value is -4.79. The van der Waals surface area contributed by atoms with Crippen molar-refractivity contribution in [2.75, 3.05) is 14.1 Å². The van der Waals surface area contributed by atoms with Crippen molar-refractivity contribution in [2.45, 2.75) is 45.2 Å². The zero-order valence-corrected chi connectivity index (χ0v) is 23.6. The zero-order chi connectivity index (χ0) is 34.3. The fourth-order valence-electron chi connectivity index (χ4n) is 5.22. The lowest BCUT2D eigenvalue weighted by molar-refractivity contribution is -0.134. The van der Waals surface area contributed by atoms with Crippen LogP contribution in [0.25, 0.3) is 33.6 Å². The number of Topliss-reactive ketones (excluding diaryl/α,β-unsaturated/α-hetero) is 1. The third kappa shape index (κ3) is 6.13. The minimum atomic E-state index is -4.56. The van der Waals surface area contributed by atoms with Crippen LogP contribution in [0, 0.1) is 28.5 Å². The van der Waals surface area contributed by atoms with Crippen LogP contribution < -0.4 is 10.1 Å². The lowest BCUT2D eigenvalue weighted by Crippen LogP contribution is -2.22. The number of aromatic nitrogens is 2. The number of nitrogens with one attached hydrogen (secondary N) is 1. The number of furan rings is 1. The van der Waals surface area contributed by atoms with E-state index < -0.39 is 54.9 Å². The number of nitrogens with zero attached hydrogens (tertiary/aromatic N) is 3. The molecule has 1 atom stereocenters. The molecule has 0 spiro atoms. The van der Waals surface area contributed by atoms with Crippen LogP contribution in [-0.4, -0.2) is 41.9 Å². The molecule has 228 valence electrons. The van der Waals surface area contributed by atoms with Crippen molar-refractivity contribution in [1.82, 2.24) is 15.3 Å². The summed E-state index contributed by atoms with van der Waals surface area (Å²) in [7, 11) is -1.63. The van der Waals surface area contributed by atoms with Crippen LogP contribution in [-0.2, 0) is 6.42 Å². The van der Waals surface area contributed by atoms with Gasteiger partial charge in [-0.2, -0.15) is 18.4 Å². The number of carbonyl (C=O) groups excluding carboxylic acids is 2. The quantitative estimate of drug-likeness (QED) is 0.151. The van der Waals surface area contributed by atoms with E-state index in [-0.39, 0.29) is 57.1 Å². The SMILES string of the molecule is [2H]C([2H])([2H])Oc1ncc(-c2cc3c(C(=O)NC)c(-c4ccc(F)cc4)oc3nc2CCC(F)(F)F)cc1C(=O)CC(C)(C#N)C1CC1. The van der Waals surface area contributed by atoms with Crippen molar-refractivity contribution in [1.29, 1.82) is 5.26 Å². The average Bonchev–Trinajstić information content (AvgIpc) is 3.80. The number of ketones is 1. The van der Waals surface area contributed by atoms with Gasteiger partial charge in [-0.1, -0.05) is 0 Å². The Morgan fingerprint density at radius 1 is 1.20 bits per heavy atom. The predicted molar refractivity (Wildman–Crippen MR) is 152 cm³/mol. The lowest BCUT2D eigenvalue weighted by Gasteiger charge is -2.20. The van der Waals surface area contributed by atoms with Crippen molar-refractivity contribution < 1.29 is 40.4 Å². The van der Waals surface area contributed by atoms with E-state index in [0.29, 0.717) is 5.56 Å². The number of fused-ring (bicyclic) bond motifs is 1. The molecule has 5 rings (SSSR count). The second-order valence-corrected chi connectivity index (χ2v) is 10.9. The number of nitriles is 1. The van der Waals surface area contributed by atoms with Crippen LogP contribution in [0.4, 0.5) is 17.6 Å². The Morgan fingerprint density at radius 3 is 2.55 bits per heavy atom. The van der Waals surface area contributed by atoms with Crippen molar-refractivity contribution in [3.63, 3.8) is 0 Å². The minimum absolute atomic E-state index is 0.00273. The number of alkyl halides is 3. The van der Waals surface area contributed by atoms with Crippen molar-refractivity contribution in [3.8, 4) is 34.4 Å². The van der Waals surface area contributed by atoms with Gasteiger partial charge in [0.15, 0.2) is 5.78 Å². The molecule has 1 saturated carbocycles. The molecule has 1 aliphatic rings. The maximum atomic E-state index is 13.7. The number of rotatable bonds is 10. The van der Waals surface area contributed by atoms with Gasteiger partial charge in [-0.05, 0) is 68.5 Å². The van der Waals surface area contributed by atoms with E-state index in [2.05, 4.69) is 21.4 Å². The molecular weight excluding hydrogens is 580 g/mol. The number of halogens is 4. The fraction of sp³-hybridized carbons (Fsp3) is 0.344. The number of aryl methyl sites for hydroxylation is 1. The summed E-state index contributed by atoms with van der Waals surface area (Å²) < 4.78 is 87.5. The van der Waals surface area contributed by atoms with E-state index in [4.69, 9.17) is 13.3 Å². The van der Waals surface area contributed by atoms with E-state index in [1.165, 1.54) is 31.3 Å². The van der Waals surface area contributed by atoms with Gasteiger partial charge in [0.2, 0.25) is 11.6 Å². The molecule has 3 aromatic heterocycles. The number of pyridine rings is 2. The highest BCUT2D eigenvalue weighted by Crippen LogP contribution is 2.48. The van der Waals surface area contributed by atoms with Gasteiger partial charge in [0.25, 0.3) is 5.91 Å². The van der Waals surface area contributed by atoms with Crippen LogP contribution >= 0.6 is 0 Å². The van der Waals surface area contributed by atoms with Crippen molar-refractivity contribution in [3.05, 3.63) is 65.2 Å². The first kappa shape index (κ1) is 26.8. The molecule has 4 aromatic rings. The molecule has 44 heavy (non-hydrogen) atoms. The summed E-state index contributed by atoms with van der Waals surface area (Å²) >= 11 is 0. The van der Waals surface area contributed by atoms with Gasteiger partial charge in [0.1, 0.15) is 11.6 Å². The van der Waals surface area contributed by atoms with Gasteiger partial charge >= 0.3 is 6.18 Å². The first-order chi connectivity index (χ1) is 22.0. The second kappa shape index (κ2) is 11.7. The summed E-state index contributed by atoms with van der Waals surface area (Å²) in [5, 5.41) is 12.4. The number of carbonyl (C=O) groups is 2. The maximum absolute atomic E-state index is 13.7. The van der Waals surface area contributed by atoms with Gasteiger partial charge in [0.05, 0.1) is 44.8 Å². The summed E-state index contributed by atoms with van der Waals surface area (Å²) in [5.74, 6) is -2.37. The molecule has 8 nitrogen and oxygen atoms in total. The molecule has 1 unspecified atom stereocenters. The van der Waals surface area contributed by atoms with Crippen LogP contribution in [0.3, 0.4) is 0 Å². The molecule has 1 aromatic carbocycles. The van der Waals surface area contributed by atoms with Crippen LogP contribution in [0.2, 0.25) is 0 Å². The molecule has 12 heteroatoms. The summed E-state index contributed by atoms with van der Waals surface area (Å²) in [6, 6.07) is 9.84. The van der Waals surface area contributed by atoms with E-state index in [0.717, 1.165) is 31.2 Å². The number of methoxy groups -OCH3 is 1. The molecule has 1 amide bonds. The first-order valence-electron chi connectivity index (χ1n) is 15.2. The number of benzene rings is 1. The smallest absolute Gasteiger partial charge is 0.389 e. The van der Waals surface area contributed by atoms with Crippen LogP contribution in [0.15, 0.2) is 47.0 Å². The van der Waals surface area contributed by atoms with Gasteiger partial charge < -0.3 is 14.5 Å². The molecule has 0 aliphatic heterocycles. The normalized spacial score (nSPS) is 15.9. The van der Waals surface area contributed by atoms with E-state index >= 15 is 0 Å². The summed E-state index contributed by atoms with van der Waals surface area (Å²) in [5.41, 5.74) is -1.18. The molecule has 0 radical (unpaired) electrons. The highest BCUT2D eigenvalue weighted by molar-refractivity contribution is 6.11. The first-order valence-corrected chi connectivity index (χ1v) is 13.7. The lowest BCUT2D eigenvalue weighted by atomic mass is 9.80. The minimum Gasteiger partial charge on any atom is -0.480 e. The summed E-state index contributed by atoms with van der Waals surface area (Å²) in [6.45, 7) is 1.63. The van der Waals surface area contributed by atoms with E-state index in [1.807, 2.05) is 0 Å². The van der Waals surface area contributed by atoms with Gasteiger partial charge in [0, 0.05) is 42.8 Å². The number of ether oxygens (including phenoxy) is 1. The van der Waals surface area contributed by atoms with Crippen molar-refractivity contribution in [2.24, 2.45) is 11.3 Å². The standard InChI is InChI=1S/C32H28F4N4O4/c1-31(16-37,19-6-7-19)14-25(41)22-12-18(15-39-29(22)43-3)21-13-23-26(28(42)38-2)27(17-4-8-20(33)9-5-17)44-30(23)40-24(21)10-11-32(34,35)36/h4-5,8-9,12-13,15,19H,6-7,10-11,14H2,1-3H3,(H,38,42)/i3D3. The Bertz CT molecular complexity index is 1900. The molecule has 1 fully saturated rings. The van der Waals surface area contributed by atoms with E-state index in [1.54, 1.807) is 6.92 Å². The second-order valence-electron chi connectivity index (χ2n) is 10.9. The fourth-order valence-corrected chi connectivity index (χ4v) is 5.22. The molecule has 0 bridgehead atoms. The highest BCUT2D eigenvalue weighted by Gasteiger charge is 2.43. The topological polar surface area (TPSA) is 118 Å². The molecular formula is C32H28F4N4O4. The van der Waals surface area contributed by atoms with Crippen LogP contribution in [0.1, 0.15) is 63.1 Å². The summed E-state index contributed by atoms with van der Waals surface area (Å²) in [4.78, 5) is 35.2.